The number of hydrogen-bond acceptors (Lipinski definition) is 5. The maximum absolute atomic E-state index is 13.5. The van der Waals surface area contributed by atoms with Crippen LogP contribution in [0.1, 0.15) is 27.0 Å². The molecule has 0 unspecified atom stereocenters. The van der Waals surface area contributed by atoms with E-state index in [-0.39, 0.29) is 28.9 Å². The van der Waals surface area contributed by atoms with Crippen molar-refractivity contribution in [3.63, 3.8) is 0 Å². The molecule has 1 aliphatic rings. The molecule has 1 heterocycles. The average Bonchev–Trinajstić information content (AvgIpc) is 3.23. The van der Waals surface area contributed by atoms with Crippen molar-refractivity contribution in [1.29, 1.82) is 0 Å². The molecule has 1 aliphatic heterocycles. The van der Waals surface area contributed by atoms with Crippen LogP contribution in [0.25, 0.3) is 6.08 Å². The molecule has 0 radical (unpaired) electrons. The van der Waals surface area contributed by atoms with Crippen molar-refractivity contribution < 1.29 is 32.6 Å². The van der Waals surface area contributed by atoms with E-state index in [4.69, 9.17) is 4.74 Å². The second-order valence-corrected chi connectivity index (χ2v) is 9.94. The number of thioether (sulfide) groups is 1. The lowest BCUT2D eigenvalue weighted by Gasteiger charge is -2.16. The van der Waals surface area contributed by atoms with Gasteiger partial charge in [0.1, 0.15) is 11.5 Å². The minimum Gasteiger partial charge on any atom is -0.478 e. The van der Waals surface area contributed by atoms with E-state index in [9.17, 15) is 27.9 Å². The minimum absolute atomic E-state index is 0.0897. The summed E-state index contributed by atoms with van der Waals surface area (Å²) in [6, 6.07) is 26.9. The molecular weight excluding hydrogens is 553 g/mol. The summed E-state index contributed by atoms with van der Waals surface area (Å²) in [5, 5.41) is 9.46. The number of carbonyl (C=O) groups is 2. The van der Waals surface area contributed by atoms with Gasteiger partial charge in [0.15, 0.2) is 5.17 Å². The van der Waals surface area contributed by atoms with Gasteiger partial charge in [-0.25, -0.2) is 9.79 Å². The predicted octanol–water partition coefficient (Wildman–Crippen LogP) is 8.00. The van der Waals surface area contributed by atoms with E-state index in [1.165, 1.54) is 29.2 Å². The van der Waals surface area contributed by atoms with Gasteiger partial charge in [-0.3, -0.25) is 9.69 Å². The Labute approximate surface area is 237 Å². The van der Waals surface area contributed by atoms with Crippen molar-refractivity contribution in [1.82, 2.24) is 4.90 Å². The van der Waals surface area contributed by atoms with Crippen LogP contribution >= 0.6 is 11.8 Å². The van der Waals surface area contributed by atoms with Crippen molar-refractivity contribution >= 4 is 40.6 Å². The maximum Gasteiger partial charge on any atom is 0.416 e. The molecule has 4 aromatic carbocycles. The van der Waals surface area contributed by atoms with Crippen molar-refractivity contribution in [3.8, 4) is 11.5 Å². The molecule has 0 aliphatic carbocycles. The fourth-order valence-electron chi connectivity index (χ4n) is 3.91. The first-order chi connectivity index (χ1) is 19.7. The number of amides is 1. The van der Waals surface area contributed by atoms with E-state index >= 15 is 0 Å². The number of carboxylic acids is 1. The van der Waals surface area contributed by atoms with E-state index in [1.807, 2.05) is 30.3 Å². The van der Waals surface area contributed by atoms with Crippen LogP contribution in [0, 0.1) is 0 Å². The third-order valence-electron chi connectivity index (χ3n) is 6.01. The number of hydrogen-bond donors (Lipinski definition) is 1. The number of aliphatic imine (C=N–C) groups is 1. The van der Waals surface area contributed by atoms with Gasteiger partial charge in [0, 0.05) is 0 Å². The van der Waals surface area contributed by atoms with Crippen molar-refractivity contribution in [2.75, 3.05) is 0 Å². The SMILES string of the molecule is O=C(O)c1ccc(CN2C(=O)/C(=C/c3ccc(Oc4ccccc4)cc3)SC2=Nc2ccc(C(F)(F)F)cc2)cc1. The Morgan fingerprint density at radius 2 is 1.51 bits per heavy atom. The third-order valence-corrected chi connectivity index (χ3v) is 7.01. The second kappa shape index (κ2) is 11.7. The van der Waals surface area contributed by atoms with Crippen molar-refractivity contribution in [2.24, 2.45) is 4.99 Å². The third kappa shape index (κ3) is 6.85. The molecule has 5 rings (SSSR count). The van der Waals surface area contributed by atoms with Gasteiger partial charge in [-0.2, -0.15) is 13.2 Å². The molecule has 206 valence electrons. The largest absolute Gasteiger partial charge is 0.478 e. The van der Waals surface area contributed by atoms with Crippen LogP contribution in [0.15, 0.2) is 113 Å². The molecule has 41 heavy (non-hydrogen) atoms. The van der Waals surface area contributed by atoms with Gasteiger partial charge >= 0.3 is 12.1 Å². The number of nitrogens with zero attached hydrogens (tertiary/aromatic N) is 2. The molecule has 4 aromatic rings. The number of alkyl halides is 3. The first-order valence-electron chi connectivity index (χ1n) is 12.3. The molecule has 0 bridgehead atoms. The monoisotopic (exact) mass is 574 g/mol. The van der Waals surface area contributed by atoms with Gasteiger partial charge in [-0.15, -0.1) is 0 Å². The zero-order chi connectivity index (χ0) is 29.0. The van der Waals surface area contributed by atoms with Gasteiger partial charge in [0.05, 0.1) is 28.3 Å². The van der Waals surface area contributed by atoms with Crippen LogP contribution in [0.5, 0.6) is 11.5 Å². The van der Waals surface area contributed by atoms with Gasteiger partial charge in [0.25, 0.3) is 5.91 Å². The van der Waals surface area contributed by atoms with Crippen LogP contribution < -0.4 is 4.74 Å². The highest BCUT2D eigenvalue weighted by Gasteiger charge is 2.34. The lowest BCUT2D eigenvalue weighted by atomic mass is 10.1. The van der Waals surface area contributed by atoms with Gasteiger partial charge < -0.3 is 9.84 Å². The highest BCUT2D eigenvalue weighted by atomic mass is 32.2. The number of aromatic carboxylic acids is 1. The minimum atomic E-state index is -4.48. The number of carbonyl (C=O) groups excluding carboxylic acids is 1. The van der Waals surface area contributed by atoms with Crippen molar-refractivity contribution in [2.45, 2.75) is 12.7 Å². The quantitative estimate of drug-likeness (QED) is 0.226. The lowest BCUT2D eigenvalue weighted by Crippen LogP contribution is -2.28. The Morgan fingerprint density at radius 1 is 0.878 bits per heavy atom. The van der Waals surface area contributed by atoms with E-state index in [2.05, 4.69) is 4.99 Å². The fraction of sp³-hybridized carbons (Fsp3) is 0.0645. The fourth-order valence-corrected chi connectivity index (χ4v) is 4.91. The summed E-state index contributed by atoms with van der Waals surface area (Å²) in [5.74, 6) is -0.0945. The van der Waals surface area contributed by atoms with Crippen LogP contribution in [0.4, 0.5) is 18.9 Å². The number of ether oxygens (including phenoxy) is 1. The van der Waals surface area contributed by atoms with E-state index in [1.54, 1.807) is 42.5 Å². The van der Waals surface area contributed by atoms with Gasteiger partial charge in [-0.05, 0) is 89.6 Å². The summed E-state index contributed by atoms with van der Waals surface area (Å²) < 4.78 is 44.8. The van der Waals surface area contributed by atoms with Crippen LogP contribution in [0.3, 0.4) is 0 Å². The molecule has 1 amide bonds. The van der Waals surface area contributed by atoms with Gasteiger partial charge in [-0.1, -0.05) is 42.5 Å². The highest BCUT2D eigenvalue weighted by molar-refractivity contribution is 8.18. The van der Waals surface area contributed by atoms with Crippen LogP contribution in [0.2, 0.25) is 0 Å². The number of para-hydroxylation sites is 1. The van der Waals surface area contributed by atoms with Gasteiger partial charge in [0.2, 0.25) is 0 Å². The molecular formula is C31H21F3N2O4S. The molecule has 10 heteroatoms. The maximum atomic E-state index is 13.5. The Balaban J connectivity index is 1.42. The smallest absolute Gasteiger partial charge is 0.416 e. The summed E-state index contributed by atoms with van der Waals surface area (Å²) in [7, 11) is 0. The molecule has 1 N–H and O–H groups in total. The normalized spacial score (nSPS) is 15.5. The summed E-state index contributed by atoms with van der Waals surface area (Å²) in [6.07, 6.45) is -2.77. The average molecular weight is 575 g/mol. The topological polar surface area (TPSA) is 79.2 Å². The first kappa shape index (κ1) is 27.7. The Morgan fingerprint density at radius 3 is 2.12 bits per heavy atom. The molecule has 0 atom stereocenters. The first-order valence-corrected chi connectivity index (χ1v) is 13.1. The Hall–Kier alpha value is -4.83. The molecule has 1 saturated heterocycles. The van der Waals surface area contributed by atoms with Crippen molar-refractivity contribution in [3.05, 3.63) is 130 Å². The standard InChI is InChI=1S/C31H21F3N2O4S/c32-31(33,34)23-12-14-24(15-13-23)35-30-36(19-21-6-10-22(11-7-21)29(38)39)28(37)27(41-30)18-20-8-16-26(17-9-20)40-25-4-2-1-3-5-25/h1-18H,19H2,(H,38,39)/b27-18-,35-30?. The molecule has 0 aromatic heterocycles. The Bertz CT molecular complexity index is 1620. The Kier molecular flexibility index (Phi) is 7.93. The summed E-state index contributed by atoms with van der Waals surface area (Å²) >= 11 is 1.10. The molecule has 1 fully saturated rings. The number of rotatable bonds is 7. The summed E-state index contributed by atoms with van der Waals surface area (Å²) in [5.41, 5.74) is 0.959. The van der Waals surface area contributed by atoms with Crippen LogP contribution in [-0.4, -0.2) is 27.1 Å². The molecule has 0 saturated carbocycles. The number of benzene rings is 4. The predicted molar refractivity (Wildman–Crippen MR) is 151 cm³/mol. The lowest BCUT2D eigenvalue weighted by molar-refractivity contribution is -0.137. The van der Waals surface area contributed by atoms with E-state index < -0.39 is 17.7 Å². The number of halogens is 3. The summed E-state index contributed by atoms with van der Waals surface area (Å²) in [6.45, 7) is 0.0897. The van der Waals surface area contributed by atoms with E-state index in [0.717, 1.165) is 29.5 Å². The zero-order valence-electron chi connectivity index (χ0n) is 21.2. The number of amidine groups is 1. The summed E-state index contributed by atoms with van der Waals surface area (Å²) in [4.78, 5) is 30.9. The molecule has 0 spiro atoms. The number of carboxylic acid groups (broad SMARTS) is 1. The second-order valence-electron chi connectivity index (χ2n) is 8.93. The highest BCUT2D eigenvalue weighted by Crippen LogP contribution is 2.36. The van der Waals surface area contributed by atoms with Crippen LogP contribution in [-0.2, 0) is 17.5 Å². The molecule has 6 nitrogen and oxygen atoms in total. The van der Waals surface area contributed by atoms with E-state index in [0.29, 0.717) is 22.0 Å². The zero-order valence-corrected chi connectivity index (χ0v) is 22.0.